The zero-order valence-electron chi connectivity index (χ0n) is 15.8. The molecule has 0 aliphatic rings. The molecule has 1 atom stereocenters. The average molecular weight is 341 g/mol. The molecule has 0 aliphatic carbocycles. The molecule has 2 aromatic carbocycles. The van der Waals surface area contributed by atoms with Gasteiger partial charge in [0.1, 0.15) is 11.5 Å². The van der Waals surface area contributed by atoms with Crippen molar-refractivity contribution < 1.29 is 9.47 Å². The molecule has 0 bridgehead atoms. The van der Waals surface area contributed by atoms with Crippen molar-refractivity contribution in [3.05, 3.63) is 59.7 Å². The van der Waals surface area contributed by atoms with E-state index in [9.17, 15) is 0 Å². The second-order valence-electron chi connectivity index (χ2n) is 6.22. The number of rotatable bonds is 11. The van der Waals surface area contributed by atoms with Crippen LogP contribution in [-0.2, 0) is 6.42 Å². The lowest BCUT2D eigenvalue weighted by Crippen LogP contribution is -2.20. The van der Waals surface area contributed by atoms with Crippen LogP contribution in [0.4, 0.5) is 0 Å². The van der Waals surface area contributed by atoms with E-state index in [-0.39, 0.29) is 6.04 Å². The van der Waals surface area contributed by atoms with Crippen molar-refractivity contribution >= 4 is 0 Å². The summed E-state index contributed by atoms with van der Waals surface area (Å²) in [6.07, 6.45) is 3.51. The first-order valence-electron chi connectivity index (χ1n) is 9.40. The van der Waals surface area contributed by atoms with Gasteiger partial charge in [-0.15, -0.1) is 0 Å². The van der Waals surface area contributed by atoms with Crippen molar-refractivity contribution in [2.75, 3.05) is 19.8 Å². The zero-order valence-corrected chi connectivity index (χ0v) is 15.8. The Balaban J connectivity index is 1.81. The van der Waals surface area contributed by atoms with Crippen LogP contribution in [0, 0.1) is 0 Å². The molecule has 0 spiro atoms. The van der Waals surface area contributed by atoms with Gasteiger partial charge in [-0.3, -0.25) is 0 Å². The highest BCUT2D eigenvalue weighted by molar-refractivity contribution is 5.39. The normalized spacial score (nSPS) is 12.0. The summed E-state index contributed by atoms with van der Waals surface area (Å²) in [6.45, 7) is 8.53. The van der Waals surface area contributed by atoms with Gasteiger partial charge in [-0.25, -0.2) is 0 Å². The lowest BCUT2D eigenvalue weighted by molar-refractivity contribution is 0.321. The fourth-order valence-corrected chi connectivity index (χ4v) is 2.88. The molecule has 25 heavy (non-hydrogen) atoms. The van der Waals surface area contributed by atoms with Crippen molar-refractivity contribution in [1.82, 2.24) is 5.32 Å². The van der Waals surface area contributed by atoms with Crippen LogP contribution in [0.5, 0.6) is 11.5 Å². The molecule has 0 saturated heterocycles. The summed E-state index contributed by atoms with van der Waals surface area (Å²) in [6, 6.07) is 17.1. The summed E-state index contributed by atoms with van der Waals surface area (Å²) in [4.78, 5) is 0. The summed E-state index contributed by atoms with van der Waals surface area (Å²) in [5.74, 6) is 1.75. The van der Waals surface area contributed by atoms with Gasteiger partial charge in [-0.1, -0.05) is 30.3 Å². The van der Waals surface area contributed by atoms with Gasteiger partial charge in [0.25, 0.3) is 0 Å². The van der Waals surface area contributed by atoms with Crippen molar-refractivity contribution in [2.45, 2.75) is 46.1 Å². The average Bonchev–Trinajstić information content (AvgIpc) is 2.62. The monoisotopic (exact) mass is 341 g/mol. The van der Waals surface area contributed by atoms with Gasteiger partial charge in [0.05, 0.1) is 13.2 Å². The maximum atomic E-state index is 5.67. The number of benzene rings is 2. The van der Waals surface area contributed by atoms with Crippen LogP contribution >= 0.6 is 0 Å². The number of nitrogens with one attached hydrogen (secondary N) is 1. The largest absolute Gasteiger partial charge is 0.494 e. The molecule has 3 nitrogen and oxygen atoms in total. The Hall–Kier alpha value is -2.00. The van der Waals surface area contributed by atoms with Crippen LogP contribution < -0.4 is 14.8 Å². The molecule has 2 aromatic rings. The molecule has 0 fully saturated rings. The van der Waals surface area contributed by atoms with Gasteiger partial charge in [0.15, 0.2) is 0 Å². The molecule has 1 N–H and O–H groups in total. The van der Waals surface area contributed by atoms with E-state index in [0.717, 1.165) is 24.5 Å². The number of unbranched alkanes of at least 4 members (excludes halogenated alkanes) is 1. The third-order valence-corrected chi connectivity index (χ3v) is 4.21. The number of aryl methyl sites for hydroxylation is 1. The van der Waals surface area contributed by atoms with Crippen LogP contribution in [0.3, 0.4) is 0 Å². The molecule has 136 valence electrons. The maximum absolute atomic E-state index is 5.67. The standard InChI is InChI=1S/C22H31NO2/c1-4-24-21-15-20(16-22(17-21)25-5-2)18(3)23-14-10-9-13-19-11-7-6-8-12-19/h6-8,11-12,15-18,23H,4-5,9-10,13-14H2,1-3H3. The third kappa shape index (κ3) is 6.79. The van der Waals surface area contributed by atoms with Crippen LogP contribution in [0.25, 0.3) is 0 Å². The van der Waals surface area contributed by atoms with E-state index in [4.69, 9.17) is 9.47 Å². The van der Waals surface area contributed by atoms with Gasteiger partial charge in [-0.05, 0) is 69.8 Å². The summed E-state index contributed by atoms with van der Waals surface area (Å²) < 4.78 is 11.3. The van der Waals surface area contributed by atoms with Gasteiger partial charge < -0.3 is 14.8 Å². The van der Waals surface area contributed by atoms with Gasteiger partial charge in [0.2, 0.25) is 0 Å². The molecule has 0 heterocycles. The minimum atomic E-state index is 0.274. The van der Waals surface area contributed by atoms with Crippen LogP contribution in [0.2, 0.25) is 0 Å². The van der Waals surface area contributed by atoms with E-state index in [0.29, 0.717) is 13.2 Å². The molecular weight excluding hydrogens is 310 g/mol. The molecule has 0 saturated carbocycles. The Morgan fingerprint density at radius 2 is 1.52 bits per heavy atom. The van der Waals surface area contributed by atoms with E-state index in [1.165, 1.54) is 24.0 Å². The molecule has 0 aromatic heterocycles. The van der Waals surface area contributed by atoms with Crippen LogP contribution in [0.1, 0.15) is 50.8 Å². The highest BCUT2D eigenvalue weighted by Crippen LogP contribution is 2.27. The van der Waals surface area contributed by atoms with Crippen molar-refractivity contribution in [1.29, 1.82) is 0 Å². The van der Waals surface area contributed by atoms with E-state index >= 15 is 0 Å². The Bertz CT molecular complexity index is 588. The number of ether oxygens (including phenoxy) is 2. The number of hydrogen-bond acceptors (Lipinski definition) is 3. The van der Waals surface area contributed by atoms with Gasteiger partial charge >= 0.3 is 0 Å². The summed E-state index contributed by atoms with van der Waals surface area (Å²) in [7, 11) is 0. The highest BCUT2D eigenvalue weighted by Gasteiger charge is 2.09. The second-order valence-corrected chi connectivity index (χ2v) is 6.22. The minimum Gasteiger partial charge on any atom is -0.494 e. The number of hydrogen-bond donors (Lipinski definition) is 1. The fraction of sp³-hybridized carbons (Fsp3) is 0.455. The lowest BCUT2D eigenvalue weighted by atomic mass is 10.1. The molecule has 0 radical (unpaired) electrons. The van der Waals surface area contributed by atoms with Crippen molar-refractivity contribution in [3.63, 3.8) is 0 Å². The molecule has 2 rings (SSSR count). The second kappa shape index (κ2) is 10.8. The highest BCUT2D eigenvalue weighted by atomic mass is 16.5. The smallest absolute Gasteiger partial charge is 0.123 e. The summed E-state index contributed by atoms with van der Waals surface area (Å²) in [5, 5.41) is 3.61. The minimum absolute atomic E-state index is 0.274. The zero-order chi connectivity index (χ0) is 17.9. The fourth-order valence-electron chi connectivity index (χ4n) is 2.88. The van der Waals surface area contributed by atoms with Crippen LogP contribution in [-0.4, -0.2) is 19.8 Å². The van der Waals surface area contributed by atoms with Gasteiger partial charge in [-0.2, -0.15) is 0 Å². The predicted molar refractivity (Wildman–Crippen MR) is 105 cm³/mol. The Morgan fingerprint density at radius 1 is 0.880 bits per heavy atom. The van der Waals surface area contributed by atoms with Crippen molar-refractivity contribution in [3.8, 4) is 11.5 Å². The third-order valence-electron chi connectivity index (χ3n) is 4.21. The van der Waals surface area contributed by atoms with E-state index in [1.54, 1.807) is 0 Å². The lowest BCUT2D eigenvalue weighted by Gasteiger charge is -2.17. The van der Waals surface area contributed by atoms with Crippen LogP contribution in [0.15, 0.2) is 48.5 Å². The topological polar surface area (TPSA) is 30.5 Å². The predicted octanol–water partition coefficient (Wildman–Crippen LogP) is 5.16. The first-order valence-corrected chi connectivity index (χ1v) is 9.40. The summed E-state index contributed by atoms with van der Waals surface area (Å²) in [5.41, 5.74) is 2.62. The first kappa shape index (κ1) is 19.3. The quantitative estimate of drug-likeness (QED) is 0.573. The first-order chi connectivity index (χ1) is 12.2. The Kier molecular flexibility index (Phi) is 8.33. The maximum Gasteiger partial charge on any atom is 0.123 e. The molecular formula is C22H31NO2. The summed E-state index contributed by atoms with van der Waals surface area (Å²) >= 11 is 0. The van der Waals surface area contributed by atoms with E-state index in [1.807, 2.05) is 19.9 Å². The molecule has 0 aliphatic heterocycles. The Morgan fingerprint density at radius 3 is 2.12 bits per heavy atom. The van der Waals surface area contributed by atoms with E-state index < -0.39 is 0 Å². The Labute approximate surface area is 152 Å². The molecule has 3 heteroatoms. The van der Waals surface area contributed by atoms with E-state index in [2.05, 4.69) is 54.7 Å². The SMILES string of the molecule is CCOc1cc(OCC)cc(C(C)NCCCCc2ccccc2)c1. The van der Waals surface area contributed by atoms with Crippen molar-refractivity contribution in [2.24, 2.45) is 0 Å². The molecule has 0 amide bonds. The molecule has 1 unspecified atom stereocenters. The van der Waals surface area contributed by atoms with Gasteiger partial charge in [0, 0.05) is 12.1 Å².